The van der Waals surface area contributed by atoms with Crippen LogP contribution >= 0.6 is 11.3 Å². The van der Waals surface area contributed by atoms with Crippen LogP contribution in [0.2, 0.25) is 0 Å². The first-order valence-electron chi connectivity index (χ1n) is 9.32. The second-order valence-corrected chi connectivity index (χ2v) is 9.90. The van der Waals surface area contributed by atoms with E-state index in [9.17, 15) is 13.2 Å². The highest BCUT2D eigenvalue weighted by Crippen LogP contribution is 2.24. The molecule has 3 aromatic rings. The fraction of sp³-hybridized carbons (Fsp3) is 0.227. The number of ether oxygens (including phenoxy) is 1. The Morgan fingerprint density at radius 3 is 2.27 bits per heavy atom. The molecule has 1 heterocycles. The molecule has 0 atom stereocenters. The van der Waals surface area contributed by atoms with E-state index >= 15 is 0 Å². The molecule has 2 aromatic carbocycles. The van der Waals surface area contributed by atoms with Gasteiger partial charge in [0.2, 0.25) is 0 Å². The van der Waals surface area contributed by atoms with Gasteiger partial charge in [0.25, 0.3) is 15.9 Å². The first-order chi connectivity index (χ1) is 14.3. The fourth-order valence-electron chi connectivity index (χ4n) is 2.74. The summed E-state index contributed by atoms with van der Waals surface area (Å²) < 4.78 is 32.4. The Hall–Kier alpha value is -2.84. The highest BCUT2D eigenvalue weighted by molar-refractivity contribution is 7.92. The van der Waals surface area contributed by atoms with Gasteiger partial charge in [-0.15, -0.1) is 11.3 Å². The summed E-state index contributed by atoms with van der Waals surface area (Å²) in [6.45, 7) is 2.36. The molecule has 0 fully saturated rings. The minimum Gasteiger partial charge on any atom is -0.484 e. The van der Waals surface area contributed by atoms with Crippen LogP contribution in [0.4, 0.5) is 5.69 Å². The van der Waals surface area contributed by atoms with E-state index in [1.54, 1.807) is 71.8 Å². The maximum Gasteiger partial charge on any atom is 0.264 e. The molecule has 0 aliphatic carbocycles. The molecule has 0 unspecified atom stereocenters. The number of hydrogen-bond donors (Lipinski definition) is 0. The summed E-state index contributed by atoms with van der Waals surface area (Å²) >= 11 is 1.60. The maximum absolute atomic E-state index is 12.8. The van der Waals surface area contributed by atoms with Gasteiger partial charge in [0.05, 0.1) is 17.1 Å². The van der Waals surface area contributed by atoms with E-state index in [0.717, 1.165) is 10.4 Å². The van der Waals surface area contributed by atoms with Gasteiger partial charge in [-0.05, 0) is 54.8 Å². The smallest absolute Gasteiger partial charge is 0.264 e. The number of carbonyl (C=O) groups excluding carboxylic acids is 1. The van der Waals surface area contributed by atoms with E-state index in [-0.39, 0.29) is 17.4 Å². The van der Waals surface area contributed by atoms with Gasteiger partial charge in [-0.2, -0.15) is 0 Å². The lowest BCUT2D eigenvalue weighted by molar-refractivity contribution is -0.132. The highest BCUT2D eigenvalue weighted by Gasteiger charge is 2.21. The zero-order chi connectivity index (χ0) is 21.7. The van der Waals surface area contributed by atoms with Crippen molar-refractivity contribution in [1.29, 1.82) is 0 Å². The molecule has 0 aliphatic rings. The van der Waals surface area contributed by atoms with Crippen molar-refractivity contribution in [2.45, 2.75) is 18.4 Å². The number of likely N-dealkylation sites (N-methyl/N-ethyl adjacent to an activating group) is 1. The van der Waals surface area contributed by atoms with Gasteiger partial charge < -0.3 is 9.64 Å². The van der Waals surface area contributed by atoms with Gasteiger partial charge in [0.15, 0.2) is 6.61 Å². The molecule has 3 rings (SSSR count). The number of thiophene rings is 1. The Morgan fingerprint density at radius 2 is 1.67 bits per heavy atom. The fourth-order valence-corrected chi connectivity index (χ4v) is 4.69. The molecule has 0 spiro atoms. The third kappa shape index (κ3) is 5.20. The molecule has 1 aromatic heterocycles. The molecular weight excluding hydrogens is 420 g/mol. The Labute approximate surface area is 181 Å². The molecule has 0 saturated carbocycles. The molecular formula is C22H24N2O4S2. The monoisotopic (exact) mass is 444 g/mol. The number of nitrogens with zero attached hydrogens (tertiary/aromatic N) is 2. The summed E-state index contributed by atoms with van der Waals surface area (Å²) in [6.07, 6.45) is 0. The number of amides is 1. The van der Waals surface area contributed by atoms with Crippen molar-refractivity contribution >= 4 is 33.0 Å². The molecule has 0 radical (unpaired) electrons. The van der Waals surface area contributed by atoms with Gasteiger partial charge in [0, 0.05) is 19.0 Å². The van der Waals surface area contributed by atoms with Crippen molar-refractivity contribution in [3.63, 3.8) is 0 Å². The normalized spacial score (nSPS) is 11.2. The summed E-state index contributed by atoms with van der Waals surface area (Å²) in [6, 6.07) is 17.3. The Bertz CT molecular complexity index is 1080. The number of anilines is 1. The summed E-state index contributed by atoms with van der Waals surface area (Å²) in [7, 11) is -0.407. The predicted octanol–water partition coefficient (Wildman–Crippen LogP) is 3.92. The van der Waals surface area contributed by atoms with E-state index in [4.69, 9.17) is 4.74 Å². The molecule has 0 N–H and O–H groups in total. The average Bonchev–Trinajstić information content (AvgIpc) is 3.25. The lowest BCUT2D eigenvalue weighted by atomic mass is 10.2. The lowest BCUT2D eigenvalue weighted by Crippen LogP contribution is -2.30. The van der Waals surface area contributed by atoms with Gasteiger partial charge in [-0.1, -0.05) is 23.8 Å². The SMILES string of the molecule is Cc1ccc(S(=O)(=O)N(C)c2ccc(OCC(=O)N(C)Cc3cccs3)cc2)cc1. The zero-order valence-corrected chi connectivity index (χ0v) is 18.7. The number of rotatable bonds is 8. The zero-order valence-electron chi connectivity index (χ0n) is 17.1. The Balaban J connectivity index is 1.60. The number of benzene rings is 2. The quantitative estimate of drug-likeness (QED) is 0.528. The van der Waals surface area contributed by atoms with Crippen LogP contribution in [0.25, 0.3) is 0 Å². The minimum atomic E-state index is -3.65. The molecule has 8 heteroatoms. The van der Waals surface area contributed by atoms with Crippen LogP contribution in [-0.4, -0.2) is 39.9 Å². The highest BCUT2D eigenvalue weighted by atomic mass is 32.2. The van der Waals surface area contributed by atoms with E-state index in [1.165, 1.54) is 11.4 Å². The third-order valence-electron chi connectivity index (χ3n) is 4.64. The van der Waals surface area contributed by atoms with Gasteiger partial charge in [-0.25, -0.2) is 8.42 Å². The summed E-state index contributed by atoms with van der Waals surface area (Å²) in [5.74, 6) is 0.365. The molecule has 6 nitrogen and oxygen atoms in total. The standard InChI is InChI=1S/C22H24N2O4S2/c1-17-6-12-21(13-7-17)30(26,27)24(3)18-8-10-19(11-9-18)28-16-22(25)23(2)15-20-5-4-14-29-20/h4-14H,15-16H2,1-3H3. The van der Waals surface area contributed by atoms with Gasteiger partial charge in [-0.3, -0.25) is 9.10 Å². The predicted molar refractivity (Wildman–Crippen MR) is 119 cm³/mol. The molecule has 30 heavy (non-hydrogen) atoms. The van der Waals surface area contributed by atoms with Crippen LogP contribution in [0.1, 0.15) is 10.4 Å². The first kappa shape index (κ1) is 21.9. The van der Waals surface area contributed by atoms with Crippen LogP contribution in [0.5, 0.6) is 5.75 Å². The second-order valence-electron chi connectivity index (χ2n) is 6.90. The number of hydrogen-bond acceptors (Lipinski definition) is 5. The van der Waals surface area contributed by atoms with Crippen molar-refractivity contribution < 1.29 is 17.9 Å². The molecule has 0 bridgehead atoms. The molecule has 1 amide bonds. The van der Waals surface area contributed by atoms with E-state index in [2.05, 4.69) is 0 Å². The number of aryl methyl sites for hydroxylation is 1. The van der Waals surface area contributed by atoms with Crippen LogP contribution in [-0.2, 0) is 21.4 Å². The van der Waals surface area contributed by atoms with Crippen molar-refractivity contribution in [2.24, 2.45) is 0 Å². The van der Waals surface area contributed by atoms with Crippen molar-refractivity contribution in [3.05, 3.63) is 76.5 Å². The van der Waals surface area contributed by atoms with Gasteiger partial charge >= 0.3 is 0 Å². The van der Waals surface area contributed by atoms with E-state index in [0.29, 0.717) is 18.0 Å². The maximum atomic E-state index is 12.8. The van der Waals surface area contributed by atoms with Crippen molar-refractivity contribution in [2.75, 3.05) is 25.0 Å². The number of sulfonamides is 1. The molecule has 158 valence electrons. The first-order valence-corrected chi connectivity index (χ1v) is 11.6. The van der Waals surface area contributed by atoms with Gasteiger partial charge in [0.1, 0.15) is 5.75 Å². The van der Waals surface area contributed by atoms with Crippen molar-refractivity contribution in [3.8, 4) is 5.75 Å². The second kappa shape index (κ2) is 9.32. The molecule has 0 aliphatic heterocycles. The summed E-state index contributed by atoms with van der Waals surface area (Å²) in [5.41, 5.74) is 1.50. The minimum absolute atomic E-state index is 0.0846. The average molecular weight is 445 g/mol. The summed E-state index contributed by atoms with van der Waals surface area (Å²) in [4.78, 5) is 15.2. The van der Waals surface area contributed by atoms with Crippen LogP contribution < -0.4 is 9.04 Å². The third-order valence-corrected chi connectivity index (χ3v) is 7.30. The van der Waals surface area contributed by atoms with Crippen LogP contribution in [0.15, 0.2) is 70.9 Å². The Kier molecular flexibility index (Phi) is 6.79. The topological polar surface area (TPSA) is 66.9 Å². The van der Waals surface area contributed by atoms with E-state index < -0.39 is 10.0 Å². The number of carbonyl (C=O) groups is 1. The largest absolute Gasteiger partial charge is 0.484 e. The Morgan fingerprint density at radius 1 is 1.00 bits per heavy atom. The van der Waals surface area contributed by atoms with E-state index in [1.807, 2.05) is 24.4 Å². The molecule has 0 saturated heterocycles. The lowest BCUT2D eigenvalue weighted by Gasteiger charge is -2.20. The van der Waals surface area contributed by atoms with Crippen molar-refractivity contribution in [1.82, 2.24) is 4.90 Å². The summed E-state index contributed by atoms with van der Waals surface area (Å²) in [5, 5.41) is 1.97. The van der Waals surface area contributed by atoms with Crippen LogP contribution in [0.3, 0.4) is 0 Å². The van der Waals surface area contributed by atoms with Crippen LogP contribution in [0, 0.1) is 6.92 Å².